The van der Waals surface area contributed by atoms with Crippen molar-refractivity contribution in [3.8, 4) is 0 Å². The normalized spacial score (nSPS) is 36.0. The Morgan fingerprint density at radius 2 is 1.79 bits per heavy atom. The minimum atomic E-state index is -1.20. The number of aliphatic hydroxyl groups is 1. The van der Waals surface area contributed by atoms with E-state index < -0.39 is 35.5 Å². The highest BCUT2D eigenvalue weighted by atomic mass is 16.6. The Labute approximate surface area is 249 Å². The number of unbranched alkanes of at least 4 members (excludes halogenated alkanes) is 1. The molecule has 4 aliphatic rings. The molecule has 3 fully saturated rings. The van der Waals surface area contributed by atoms with Gasteiger partial charge in [-0.15, -0.1) is 0 Å². The Morgan fingerprint density at radius 3 is 2.45 bits per heavy atom. The van der Waals surface area contributed by atoms with Crippen LogP contribution in [0.2, 0.25) is 0 Å². The number of Topliss-reactive ketones (excluding diaryl/α,β-unsaturated/α-hetero) is 1. The maximum atomic E-state index is 12.5. The summed E-state index contributed by atoms with van der Waals surface area (Å²) < 4.78 is 0. The third-order valence-corrected chi connectivity index (χ3v) is 11.3. The summed E-state index contributed by atoms with van der Waals surface area (Å²) in [5, 5.41) is 29.9. The number of nitrogens with one attached hydrogen (secondary N) is 2. The molecule has 5 unspecified atom stereocenters. The van der Waals surface area contributed by atoms with Gasteiger partial charge in [-0.3, -0.25) is 14.4 Å². The maximum Gasteiger partial charge on any atom is 0.326 e. The Kier molecular flexibility index (Phi) is 9.55. The largest absolute Gasteiger partial charge is 0.480 e. The Balaban J connectivity index is 1.32. The van der Waals surface area contributed by atoms with Crippen LogP contribution in [0.1, 0.15) is 105 Å². The standard InChI is InChI=1S/C32H49N3O7/c1-6-7-8-26(29(39)40)34-28(38)19(2)33-27(37)18-42-35-22-11-14-30(4)21(17-22)9-10-23-24(30)12-15-31(5)25(23)13-16-32(31,41)20(3)36/h17,19,23-26,41H,6-16,18H2,1-5H3,(H,33,37)(H,34,38)(H,39,40)/b35-22-/t19?,23?,24?,25?,26?,30-,31-,32-/m0/s1. The SMILES string of the molecule is CCCCC(NC(=O)C(C)NC(=O)CO/N=C1\C=C2CCC3C(CC[C@@]4(C)C3CC[C@]4(O)C(C)=O)[C@@]2(C)CC1)C(=O)O. The number of carbonyl (C=O) groups is 4. The van der Waals surface area contributed by atoms with E-state index in [0.29, 0.717) is 37.0 Å². The molecule has 10 heteroatoms. The van der Waals surface area contributed by atoms with Crippen molar-refractivity contribution >= 4 is 29.3 Å². The van der Waals surface area contributed by atoms with Crippen LogP contribution in [0.25, 0.3) is 0 Å². The summed E-state index contributed by atoms with van der Waals surface area (Å²) >= 11 is 0. The lowest BCUT2D eigenvalue weighted by Crippen LogP contribution is -2.57. The average Bonchev–Trinajstić information content (AvgIpc) is 3.22. The number of carbonyl (C=O) groups excluding carboxylic acids is 3. The molecule has 0 radical (unpaired) electrons. The third kappa shape index (κ3) is 5.88. The predicted molar refractivity (Wildman–Crippen MR) is 157 cm³/mol. The van der Waals surface area contributed by atoms with Crippen LogP contribution in [0.4, 0.5) is 0 Å². The van der Waals surface area contributed by atoms with Gasteiger partial charge in [0.05, 0.1) is 5.71 Å². The van der Waals surface area contributed by atoms with Crippen molar-refractivity contribution in [2.75, 3.05) is 6.61 Å². The fourth-order valence-electron chi connectivity index (χ4n) is 8.72. The fraction of sp³-hybridized carbons (Fsp3) is 0.781. The zero-order valence-electron chi connectivity index (χ0n) is 25.8. The molecule has 4 rings (SSSR count). The first-order chi connectivity index (χ1) is 19.8. The highest BCUT2D eigenvalue weighted by Gasteiger charge is 2.65. The van der Waals surface area contributed by atoms with Crippen LogP contribution >= 0.6 is 0 Å². The summed E-state index contributed by atoms with van der Waals surface area (Å²) in [6.07, 6.45) is 11.0. The van der Waals surface area contributed by atoms with Crippen molar-refractivity contribution in [1.82, 2.24) is 10.6 Å². The number of allylic oxidation sites excluding steroid dienone is 2. The van der Waals surface area contributed by atoms with E-state index in [1.54, 1.807) is 6.92 Å². The van der Waals surface area contributed by atoms with Crippen LogP contribution in [0.5, 0.6) is 0 Å². The van der Waals surface area contributed by atoms with Gasteiger partial charge >= 0.3 is 5.97 Å². The number of nitrogens with zero attached hydrogens (tertiary/aromatic N) is 1. The van der Waals surface area contributed by atoms with E-state index in [-0.39, 0.29) is 23.2 Å². The molecule has 10 nitrogen and oxygen atoms in total. The number of rotatable bonds is 11. The zero-order chi connectivity index (χ0) is 30.9. The van der Waals surface area contributed by atoms with Gasteiger partial charge in [0, 0.05) is 5.41 Å². The molecule has 3 saturated carbocycles. The summed E-state index contributed by atoms with van der Waals surface area (Å²) in [4.78, 5) is 54.0. The summed E-state index contributed by atoms with van der Waals surface area (Å²) in [5.41, 5.74) is 0.662. The van der Waals surface area contributed by atoms with Gasteiger partial charge in [-0.05, 0) is 101 Å². The number of hydrogen-bond donors (Lipinski definition) is 4. The van der Waals surface area contributed by atoms with Gasteiger partial charge in [0.1, 0.15) is 17.7 Å². The van der Waals surface area contributed by atoms with E-state index in [4.69, 9.17) is 4.84 Å². The van der Waals surface area contributed by atoms with Crippen LogP contribution in [-0.2, 0) is 24.0 Å². The molecule has 8 atom stereocenters. The topological polar surface area (TPSA) is 154 Å². The number of ketones is 1. The molecule has 4 aliphatic carbocycles. The van der Waals surface area contributed by atoms with Crippen molar-refractivity contribution in [2.45, 2.75) is 123 Å². The average molecular weight is 588 g/mol. The van der Waals surface area contributed by atoms with E-state index in [1.165, 1.54) is 12.5 Å². The van der Waals surface area contributed by atoms with E-state index in [1.807, 2.05) is 6.92 Å². The molecular formula is C32H49N3O7. The quantitative estimate of drug-likeness (QED) is 0.267. The smallest absolute Gasteiger partial charge is 0.326 e. The molecule has 234 valence electrons. The number of oxime groups is 1. The molecule has 4 N–H and O–H groups in total. The second-order valence-corrected chi connectivity index (χ2v) is 13.6. The number of carboxylic acid groups (broad SMARTS) is 1. The third-order valence-electron chi connectivity index (χ3n) is 11.3. The number of fused-ring (bicyclic) bond motifs is 5. The van der Waals surface area contributed by atoms with Crippen molar-refractivity contribution in [3.63, 3.8) is 0 Å². The molecule has 42 heavy (non-hydrogen) atoms. The van der Waals surface area contributed by atoms with Gasteiger partial charge < -0.3 is 25.7 Å². The molecule has 0 bridgehead atoms. The summed E-state index contributed by atoms with van der Waals surface area (Å²) in [6, 6.07) is -1.90. The predicted octanol–water partition coefficient (Wildman–Crippen LogP) is 3.91. The van der Waals surface area contributed by atoms with Crippen LogP contribution in [0.15, 0.2) is 16.8 Å². The first kappa shape index (κ1) is 32.2. The van der Waals surface area contributed by atoms with Crippen molar-refractivity contribution in [1.29, 1.82) is 0 Å². The summed E-state index contributed by atoms with van der Waals surface area (Å²) in [6.45, 7) is 9.14. The van der Waals surface area contributed by atoms with Crippen LogP contribution in [0.3, 0.4) is 0 Å². The highest BCUT2D eigenvalue weighted by Crippen LogP contribution is 2.67. The molecule has 0 aromatic carbocycles. The first-order valence-electron chi connectivity index (χ1n) is 15.7. The maximum absolute atomic E-state index is 12.5. The Bertz CT molecular complexity index is 1150. The highest BCUT2D eigenvalue weighted by molar-refractivity contribution is 5.96. The van der Waals surface area contributed by atoms with Gasteiger partial charge in [0.2, 0.25) is 5.91 Å². The molecule has 0 aromatic rings. The van der Waals surface area contributed by atoms with Crippen molar-refractivity contribution in [3.05, 3.63) is 11.6 Å². The minimum Gasteiger partial charge on any atom is -0.480 e. The number of aliphatic carboxylic acids is 1. The summed E-state index contributed by atoms with van der Waals surface area (Å²) in [5.74, 6) is -0.895. The second kappa shape index (κ2) is 12.5. The monoisotopic (exact) mass is 587 g/mol. The second-order valence-electron chi connectivity index (χ2n) is 13.6. The van der Waals surface area contributed by atoms with E-state index >= 15 is 0 Å². The number of hydrogen-bond acceptors (Lipinski definition) is 7. The fourth-order valence-corrected chi connectivity index (χ4v) is 8.72. The van der Waals surface area contributed by atoms with Crippen LogP contribution in [0, 0.1) is 28.6 Å². The molecule has 0 spiro atoms. The first-order valence-corrected chi connectivity index (χ1v) is 15.7. The van der Waals surface area contributed by atoms with Gasteiger partial charge in [-0.25, -0.2) is 4.79 Å². The van der Waals surface area contributed by atoms with Crippen LogP contribution in [-0.4, -0.2) is 63.8 Å². The molecule has 0 aliphatic heterocycles. The molecule has 0 saturated heterocycles. The molecule has 2 amide bonds. The Hall–Kier alpha value is -2.75. The van der Waals surface area contributed by atoms with E-state index in [9.17, 15) is 29.4 Å². The lowest BCUT2D eigenvalue weighted by atomic mass is 9.46. The van der Waals surface area contributed by atoms with Crippen LogP contribution < -0.4 is 10.6 Å². The van der Waals surface area contributed by atoms with Crippen molar-refractivity contribution in [2.24, 2.45) is 33.7 Å². The van der Waals surface area contributed by atoms with Gasteiger partial charge in [-0.1, -0.05) is 44.3 Å². The van der Waals surface area contributed by atoms with E-state index in [2.05, 4.69) is 35.7 Å². The lowest BCUT2D eigenvalue weighted by molar-refractivity contribution is -0.159. The minimum absolute atomic E-state index is 0.0469. The van der Waals surface area contributed by atoms with Gasteiger partial charge in [0.15, 0.2) is 12.4 Å². The molecular weight excluding hydrogens is 538 g/mol. The zero-order valence-corrected chi connectivity index (χ0v) is 25.8. The molecule has 0 heterocycles. The Morgan fingerprint density at radius 1 is 1.07 bits per heavy atom. The molecule has 0 aromatic heterocycles. The van der Waals surface area contributed by atoms with E-state index in [0.717, 1.165) is 57.1 Å². The summed E-state index contributed by atoms with van der Waals surface area (Å²) in [7, 11) is 0. The number of amides is 2. The van der Waals surface area contributed by atoms with Gasteiger partial charge in [0.25, 0.3) is 5.91 Å². The van der Waals surface area contributed by atoms with Gasteiger partial charge in [-0.2, -0.15) is 0 Å². The number of carboxylic acids is 1. The lowest BCUT2D eigenvalue weighted by Gasteiger charge is -2.59. The van der Waals surface area contributed by atoms with Crippen molar-refractivity contribution < 1.29 is 34.2 Å².